The molecule has 2 aromatic rings. The molecule has 8 nitrogen and oxygen atoms in total. The first-order valence-corrected chi connectivity index (χ1v) is 11.8. The maximum atomic E-state index is 13.0. The zero-order chi connectivity index (χ0) is 23.1. The van der Waals surface area contributed by atoms with Crippen molar-refractivity contribution in [2.75, 3.05) is 46.4 Å². The van der Waals surface area contributed by atoms with E-state index in [1.807, 2.05) is 24.3 Å². The number of piperazine rings is 1. The van der Waals surface area contributed by atoms with Crippen LogP contribution in [0.1, 0.15) is 6.92 Å². The van der Waals surface area contributed by atoms with E-state index in [9.17, 15) is 17.6 Å². The lowest BCUT2D eigenvalue weighted by Crippen LogP contribution is -2.54. The molecule has 0 spiro atoms. The molecule has 1 aliphatic heterocycles. The molecule has 1 unspecified atom stereocenters. The number of sulfonamides is 1. The highest BCUT2D eigenvalue weighted by Crippen LogP contribution is 2.17. The lowest BCUT2D eigenvalue weighted by Gasteiger charge is -2.35. The zero-order valence-corrected chi connectivity index (χ0v) is 19.0. The average molecular weight is 466 g/mol. The quantitative estimate of drug-likeness (QED) is 0.607. The third-order valence-electron chi connectivity index (χ3n) is 5.25. The van der Waals surface area contributed by atoms with Crippen molar-refractivity contribution in [3.8, 4) is 11.5 Å². The monoisotopic (exact) mass is 465 g/mol. The first kappa shape index (κ1) is 24.0. The number of rotatable bonds is 9. The van der Waals surface area contributed by atoms with Crippen LogP contribution >= 0.6 is 0 Å². The van der Waals surface area contributed by atoms with Crippen LogP contribution in [0, 0.1) is 5.82 Å². The number of hydrogen-bond acceptors (Lipinski definition) is 6. The van der Waals surface area contributed by atoms with Gasteiger partial charge in [-0.05, 0) is 55.5 Å². The lowest BCUT2D eigenvalue weighted by atomic mass is 10.2. The molecule has 0 radical (unpaired) electrons. The highest BCUT2D eigenvalue weighted by atomic mass is 32.2. The number of amides is 1. The summed E-state index contributed by atoms with van der Waals surface area (Å²) in [6.07, 6.45) is 0. The highest BCUT2D eigenvalue weighted by Gasteiger charge is 2.28. The van der Waals surface area contributed by atoms with Gasteiger partial charge >= 0.3 is 0 Å². The highest BCUT2D eigenvalue weighted by molar-refractivity contribution is 7.89. The van der Waals surface area contributed by atoms with Gasteiger partial charge in [0.1, 0.15) is 23.9 Å². The van der Waals surface area contributed by atoms with Gasteiger partial charge in [-0.1, -0.05) is 0 Å². The van der Waals surface area contributed by atoms with Crippen LogP contribution in [0.5, 0.6) is 11.5 Å². The molecular formula is C22H28FN3O5S. The minimum atomic E-state index is -3.91. The largest absolute Gasteiger partial charge is 0.497 e. The fraction of sp³-hybridized carbons (Fsp3) is 0.409. The lowest BCUT2D eigenvalue weighted by molar-refractivity contribution is -0.134. The summed E-state index contributed by atoms with van der Waals surface area (Å²) >= 11 is 0. The van der Waals surface area contributed by atoms with Gasteiger partial charge in [-0.2, -0.15) is 4.72 Å². The van der Waals surface area contributed by atoms with Crippen LogP contribution in [0.3, 0.4) is 0 Å². The van der Waals surface area contributed by atoms with Gasteiger partial charge in [-0.3, -0.25) is 9.69 Å². The Morgan fingerprint density at radius 3 is 2.22 bits per heavy atom. The van der Waals surface area contributed by atoms with E-state index in [0.29, 0.717) is 32.8 Å². The Hall–Kier alpha value is -2.69. The van der Waals surface area contributed by atoms with E-state index in [1.165, 1.54) is 19.1 Å². The molecule has 1 saturated heterocycles. The molecular weight excluding hydrogens is 437 g/mol. The van der Waals surface area contributed by atoms with Gasteiger partial charge in [0, 0.05) is 32.7 Å². The zero-order valence-electron chi connectivity index (χ0n) is 18.2. The number of nitrogens with zero attached hydrogens (tertiary/aromatic N) is 2. The Morgan fingerprint density at radius 2 is 1.62 bits per heavy atom. The molecule has 1 N–H and O–H groups in total. The van der Waals surface area contributed by atoms with Crippen molar-refractivity contribution in [3.63, 3.8) is 0 Å². The van der Waals surface area contributed by atoms with Crippen molar-refractivity contribution in [2.45, 2.75) is 17.9 Å². The van der Waals surface area contributed by atoms with E-state index in [0.717, 1.165) is 30.2 Å². The average Bonchev–Trinajstić information content (AvgIpc) is 2.79. The molecule has 0 aliphatic carbocycles. The number of carbonyl (C=O) groups is 1. The molecule has 10 heteroatoms. The van der Waals surface area contributed by atoms with Crippen molar-refractivity contribution >= 4 is 15.9 Å². The number of ether oxygens (including phenoxy) is 2. The molecule has 1 fully saturated rings. The maximum Gasteiger partial charge on any atom is 0.241 e. The van der Waals surface area contributed by atoms with E-state index >= 15 is 0 Å². The Kier molecular flexibility index (Phi) is 8.05. The maximum absolute atomic E-state index is 13.0. The van der Waals surface area contributed by atoms with Gasteiger partial charge in [0.15, 0.2) is 0 Å². The van der Waals surface area contributed by atoms with Crippen LogP contribution in [0.4, 0.5) is 4.39 Å². The fourth-order valence-electron chi connectivity index (χ4n) is 3.40. The summed E-state index contributed by atoms with van der Waals surface area (Å²) in [5.41, 5.74) is 0. The number of nitrogens with one attached hydrogen (secondary N) is 1. The minimum Gasteiger partial charge on any atom is -0.497 e. The van der Waals surface area contributed by atoms with E-state index in [4.69, 9.17) is 9.47 Å². The van der Waals surface area contributed by atoms with Gasteiger partial charge < -0.3 is 14.4 Å². The van der Waals surface area contributed by atoms with Crippen LogP contribution in [0.2, 0.25) is 0 Å². The predicted octanol–water partition coefficient (Wildman–Crippen LogP) is 1.72. The van der Waals surface area contributed by atoms with Gasteiger partial charge in [0.05, 0.1) is 18.0 Å². The van der Waals surface area contributed by atoms with Crippen molar-refractivity contribution in [1.29, 1.82) is 0 Å². The summed E-state index contributed by atoms with van der Waals surface area (Å²) in [6.45, 7) is 5.12. The summed E-state index contributed by atoms with van der Waals surface area (Å²) in [5.74, 6) is 0.722. The molecule has 0 saturated carbocycles. The Bertz CT molecular complexity index is 991. The summed E-state index contributed by atoms with van der Waals surface area (Å²) < 4.78 is 51.1. The second kappa shape index (κ2) is 10.8. The molecule has 2 aromatic carbocycles. The Balaban J connectivity index is 1.42. The molecule has 174 valence electrons. The Morgan fingerprint density at radius 1 is 1.03 bits per heavy atom. The van der Waals surface area contributed by atoms with Crippen molar-refractivity contribution < 1.29 is 27.1 Å². The molecule has 1 amide bonds. The molecule has 0 aromatic heterocycles. The smallest absolute Gasteiger partial charge is 0.241 e. The van der Waals surface area contributed by atoms with E-state index in [2.05, 4.69) is 9.62 Å². The van der Waals surface area contributed by atoms with Crippen LogP contribution in [0.15, 0.2) is 53.4 Å². The van der Waals surface area contributed by atoms with Crippen molar-refractivity contribution in [2.24, 2.45) is 0 Å². The van der Waals surface area contributed by atoms with E-state index in [-0.39, 0.29) is 10.8 Å². The number of hydrogen-bond donors (Lipinski definition) is 1. The first-order valence-electron chi connectivity index (χ1n) is 10.3. The van der Waals surface area contributed by atoms with Crippen LogP contribution in [0.25, 0.3) is 0 Å². The molecule has 32 heavy (non-hydrogen) atoms. The number of carbonyl (C=O) groups excluding carboxylic acids is 1. The normalized spacial score (nSPS) is 15.9. The summed E-state index contributed by atoms with van der Waals surface area (Å²) in [5, 5.41) is 0. The van der Waals surface area contributed by atoms with Gasteiger partial charge in [0.2, 0.25) is 15.9 Å². The van der Waals surface area contributed by atoms with Crippen LogP contribution in [-0.4, -0.2) is 76.6 Å². The van der Waals surface area contributed by atoms with Crippen molar-refractivity contribution in [3.05, 3.63) is 54.3 Å². The minimum absolute atomic E-state index is 0.0831. The first-order chi connectivity index (χ1) is 15.3. The molecule has 3 rings (SSSR count). The molecule has 0 bridgehead atoms. The SMILES string of the molecule is COc1ccc(OCCN2CCN(C(=O)C(C)NS(=O)(=O)c3ccc(F)cc3)CC2)cc1. The second-order valence-electron chi connectivity index (χ2n) is 7.49. The summed E-state index contributed by atoms with van der Waals surface area (Å²) in [6, 6.07) is 10.9. The summed E-state index contributed by atoms with van der Waals surface area (Å²) in [7, 11) is -2.30. The topological polar surface area (TPSA) is 88.2 Å². The molecule has 1 aliphatic rings. The summed E-state index contributed by atoms with van der Waals surface area (Å²) in [4.78, 5) is 16.5. The number of halogens is 1. The Labute approximate surface area is 188 Å². The van der Waals surface area contributed by atoms with Crippen molar-refractivity contribution in [1.82, 2.24) is 14.5 Å². The number of methoxy groups -OCH3 is 1. The standard InChI is InChI=1S/C22H28FN3O5S/c1-17(24-32(28,29)21-9-3-18(23)4-10-21)22(27)26-13-11-25(12-14-26)15-16-31-20-7-5-19(30-2)6-8-20/h3-10,17,24H,11-16H2,1-2H3. The molecule has 1 atom stereocenters. The number of benzene rings is 2. The van der Waals surface area contributed by atoms with Crippen LogP contribution in [-0.2, 0) is 14.8 Å². The van der Waals surface area contributed by atoms with E-state index in [1.54, 1.807) is 12.0 Å². The van der Waals surface area contributed by atoms with E-state index < -0.39 is 21.9 Å². The van der Waals surface area contributed by atoms with Gasteiger partial charge in [0.25, 0.3) is 0 Å². The third-order valence-corrected chi connectivity index (χ3v) is 6.80. The van der Waals surface area contributed by atoms with Gasteiger partial charge in [-0.25, -0.2) is 12.8 Å². The molecule has 1 heterocycles. The van der Waals surface area contributed by atoms with Crippen LogP contribution < -0.4 is 14.2 Å². The fourth-order valence-corrected chi connectivity index (χ4v) is 4.59. The third kappa shape index (κ3) is 6.41. The second-order valence-corrected chi connectivity index (χ2v) is 9.20. The predicted molar refractivity (Wildman–Crippen MR) is 118 cm³/mol. The van der Waals surface area contributed by atoms with Gasteiger partial charge in [-0.15, -0.1) is 0 Å².